The van der Waals surface area contributed by atoms with Crippen molar-refractivity contribution in [2.75, 3.05) is 39.3 Å². The third-order valence-electron chi connectivity index (χ3n) is 3.51. The lowest BCUT2D eigenvalue weighted by molar-refractivity contribution is 0.244. The van der Waals surface area contributed by atoms with Gasteiger partial charge in [0.1, 0.15) is 5.75 Å². The van der Waals surface area contributed by atoms with Gasteiger partial charge in [-0.1, -0.05) is 31.5 Å². The molecule has 1 aromatic rings. The van der Waals surface area contributed by atoms with Gasteiger partial charge in [0.05, 0.1) is 6.61 Å². The molecule has 0 spiro atoms. The first-order valence-corrected chi connectivity index (χ1v) is 7.87. The molecule has 20 heavy (non-hydrogen) atoms. The van der Waals surface area contributed by atoms with Crippen molar-refractivity contribution in [2.45, 2.75) is 20.3 Å². The third-order valence-corrected chi connectivity index (χ3v) is 3.87. The molecule has 0 saturated carbocycles. The van der Waals surface area contributed by atoms with Gasteiger partial charge in [0.25, 0.3) is 0 Å². The van der Waals surface area contributed by atoms with E-state index in [9.17, 15) is 0 Å². The van der Waals surface area contributed by atoms with Gasteiger partial charge in [-0.3, -0.25) is 0 Å². The van der Waals surface area contributed by atoms with Gasteiger partial charge >= 0.3 is 0 Å². The fraction of sp³-hybridized carbons (Fsp3) is 0.625. The van der Waals surface area contributed by atoms with Crippen molar-refractivity contribution in [2.24, 2.45) is 5.92 Å². The summed E-state index contributed by atoms with van der Waals surface area (Å²) in [6.45, 7) is 10.5. The lowest BCUT2D eigenvalue weighted by Crippen LogP contribution is -2.44. The maximum Gasteiger partial charge on any atom is 0.120 e. The fourth-order valence-corrected chi connectivity index (χ4v) is 2.56. The van der Waals surface area contributed by atoms with Crippen LogP contribution in [0.25, 0.3) is 0 Å². The second kappa shape index (κ2) is 7.87. The van der Waals surface area contributed by atoms with E-state index in [0.29, 0.717) is 5.92 Å². The molecule has 1 N–H and O–H groups in total. The summed E-state index contributed by atoms with van der Waals surface area (Å²) in [4.78, 5) is 2.48. The number of nitrogens with zero attached hydrogens (tertiary/aromatic N) is 1. The summed E-state index contributed by atoms with van der Waals surface area (Å²) in [5.41, 5.74) is 1.21. The molecular formula is C16H25ClN2O. The quantitative estimate of drug-likeness (QED) is 0.874. The highest BCUT2D eigenvalue weighted by Crippen LogP contribution is 2.23. The van der Waals surface area contributed by atoms with E-state index in [1.54, 1.807) is 0 Å². The van der Waals surface area contributed by atoms with Gasteiger partial charge < -0.3 is 15.0 Å². The Kier molecular flexibility index (Phi) is 6.14. The van der Waals surface area contributed by atoms with Crippen LogP contribution >= 0.6 is 11.6 Å². The number of hydrogen-bond acceptors (Lipinski definition) is 3. The van der Waals surface area contributed by atoms with E-state index in [4.69, 9.17) is 16.3 Å². The van der Waals surface area contributed by atoms with E-state index < -0.39 is 0 Å². The van der Waals surface area contributed by atoms with Crippen molar-refractivity contribution < 1.29 is 4.74 Å². The number of nitrogens with one attached hydrogen (secondary N) is 1. The van der Waals surface area contributed by atoms with E-state index in [1.165, 1.54) is 5.56 Å². The molecule has 0 amide bonds. The topological polar surface area (TPSA) is 24.5 Å². The second-order valence-corrected chi connectivity index (χ2v) is 6.21. The van der Waals surface area contributed by atoms with Gasteiger partial charge in [-0.25, -0.2) is 0 Å². The van der Waals surface area contributed by atoms with E-state index in [0.717, 1.165) is 56.5 Å². The van der Waals surface area contributed by atoms with Gasteiger partial charge in [-0.2, -0.15) is 0 Å². The Balaban J connectivity index is 1.85. The molecule has 112 valence electrons. The maximum absolute atomic E-state index is 6.35. The molecular weight excluding hydrogens is 272 g/mol. The van der Waals surface area contributed by atoms with Crippen molar-refractivity contribution in [3.63, 3.8) is 0 Å². The maximum atomic E-state index is 6.35. The molecule has 0 atom stereocenters. The number of hydrogen-bond donors (Lipinski definition) is 1. The number of ether oxygens (including phenoxy) is 1. The minimum Gasteiger partial charge on any atom is -0.493 e. The van der Waals surface area contributed by atoms with E-state index in [2.05, 4.69) is 30.1 Å². The summed E-state index contributed by atoms with van der Waals surface area (Å²) >= 11 is 6.35. The smallest absolute Gasteiger partial charge is 0.120 e. The average Bonchev–Trinajstić information content (AvgIpc) is 2.45. The lowest BCUT2D eigenvalue weighted by atomic mass is 10.1. The first-order valence-electron chi connectivity index (χ1n) is 7.49. The Morgan fingerprint density at radius 2 is 2.05 bits per heavy atom. The van der Waals surface area contributed by atoms with Crippen molar-refractivity contribution >= 4 is 11.6 Å². The molecule has 0 unspecified atom stereocenters. The highest BCUT2D eigenvalue weighted by Gasteiger charge is 2.10. The Labute approximate surface area is 127 Å². The number of piperazine rings is 1. The fourth-order valence-electron chi connectivity index (χ4n) is 2.30. The zero-order valence-corrected chi connectivity index (χ0v) is 13.2. The largest absolute Gasteiger partial charge is 0.493 e. The van der Waals surface area contributed by atoms with Crippen LogP contribution in [0.15, 0.2) is 18.2 Å². The molecule has 1 fully saturated rings. The summed E-state index contributed by atoms with van der Waals surface area (Å²) in [7, 11) is 0. The minimum atomic E-state index is 0.529. The highest BCUT2D eigenvalue weighted by atomic mass is 35.5. The Morgan fingerprint density at radius 3 is 2.70 bits per heavy atom. The van der Waals surface area contributed by atoms with E-state index >= 15 is 0 Å². The standard InChI is InChI=1S/C16H25ClN2O/c1-13(2)12-20-15-4-3-14(16(17)11-15)5-8-19-9-6-18-7-10-19/h3-4,11,13,18H,5-10,12H2,1-2H3. The van der Waals surface area contributed by atoms with Gasteiger partial charge in [0.2, 0.25) is 0 Å². The average molecular weight is 297 g/mol. The van der Waals surface area contributed by atoms with Crippen LogP contribution in [0, 0.1) is 5.92 Å². The summed E-state index contributed by atoms with van der Waals surface area (Å²) in [5.74, 6) is 1.40. The van der Waals surface area contributed by atoms with E-state index in [-0.39, 0.29) is 0 Å². The molecule has 1 aliphatic heterocycles. The Hall–Kier alpha value is -0.770. The van der Waals surface area contributed by atoms with Gasteiger partial charge in [-0.15, -0.1) is 0 Å². The summed E-state index contributed by atoms with van der Waals surface area (Å²) < 4.78 is 5.69. The monoisotopic (exact) mass is 296 g/mol. The summed E-state index contributed by atoms with van der Waals surface area (Å²) in [6, 6.07) is 6.07. The van der Waals surface area contributed by atoms with Crippen molar-refractivity contribution in [1.29, 1.82) is 0 Å². The molecule has 0 aromatic heterocycles. The SMILES string of the molecule is CC(C)COc1ccc(CCN2CCNCC2)c(Cl)c1. The number of benzene rings is 1. The van der Waals surface area contributed by atoms with Crippen LogP contribution in [0.4, 0.5) is 0 Å². The molecule has 0 bridgehead atoms. The lowest BCUT2D eigenvalue weighted by Gasteiger charge is -2.27. The summed E-state index contributed by atoms with van der Waals surface area (Å²) in [6.07, 6.45) is 1.00. The second-order valence-electron chi connectivity index (χ2n) is 5.80. The molecule has 3 nitrogen and oxygen atoms in total. The molecule has 1 saturated heterocycles. The zero-order valence-electron chi connectivity index (χ0n) is 12.5. The van der Waals surface area contributed by atoms with Crippen molar-refractivity contribution in [3.8, 4) is 5.75 Å². The Morgan fingerprint density at radius 1 is 1.30 bits per heavy atom. The van der Waals surface area contributed by atoms with Crippen molar-refractivity contribution in [3.05, 3.63) is 28.8 Å². The van der Waals surface area contributed by atoms with Gasteiger partial charge in [0.15, 0.2) is 0 Å². The third kappa shape index (κ3) is 4.97. The van der Waals surface area contributed by atoms with E-state index in [1.807, 2.05) is 12.1 Å². The molecule has 1 aromatic carbocycles. The van der Waals surface area contributed by atoms with Crippen LogP contribution in [0.1, 0.15) is 19.4 Å². The van der Waals surface area contributed by atoms with Crippen LogP contribution < -0.4 is 10.1 Å². The normalized spacial score (nSPS) is 16.6. The molecule has 1 heterocycles. The zero-order chi connectivity index (χ0) is 14.4. The predicted octanol–water partition coefficient (Wildman–Crippen LogP) is 2.82. The molecule has 1 aliphatic rings. The predicted molar refractivity (Wildman–Crippen MR) is 84.8 cm³/mol. The van der Waals surface area contributed by atoms with Crippen LogP contribution in [0.2, 0.25) is 5.02 Å². The van der Waals surface area contributed by atoms with Crippen LogP contribution in [0.5, 0.6) is 5.75 Å². The minimum absolute atomic E-state index is 0.529. The first-order chi connectivity index (χ1) is 9.65. The Bertz CT molecular complexity index is 417. The molecule has 2 rings (SSSR count). The molecule has 4 heteroatoms. The van der Waals surface area contributed by atoms with Gasteiger partial charge in [-0.05, 0) is 30.0 Å². The molecule has 0 aliphatic carbocycles. The first kappa shape index (κ1) is 15.6. The number of rotatable bonds is 6. The van der Waals surface area contributed by atoms with Crippen molar-refractivity contribution in [1.82, 2.24) is 10.2 Å². The molecule has 0 radical (unpaired) electrons. The van der Waals surface area contributed by atoms with Crippen LogP contribution in [-0.2, 0) is 6.42 Å². The van der Waals surface area contributed by atoms with Gasteiger partial charge in [0, 0.05) is 37.7 Å². The van der Waals surface area contributed by atoms with Crippen LogP contribution in [0.3, 0.4) is 0 Å². The number of halogens is 1. The summed E-state index contributed by atoms with van der Waals surface area (Å²) in [5, 5.41) is 4.19. The van der Waals surface area contributed by atoms with Crippen LogP contribution in [-0.4, -0.2) is 44.2 Å². The highest BCUT2D eigenvalue weighted by molar-refractivity contribution is 6.31.